The summed E-state index contributed by atoms with van der Waals surface area (Å²) in [4.78, 5) is 0. The second-order valence-electron chi connectivity index (χ2n) is 4.86. The van der Waals surface area contributed by atoms with Crippen LogP contribution in [0.3, 0.4) is 0 Å². The monoisotopic (exact) mass is 253 g/mol. The summed E-state index contributed by atoms with van der Waals surface area (Å²) in [5, 5.41) is 4.24. The SMILES string of the molecule is CNC1CC(C)CCc2c(OC)ccc(Cl)c21. The fourth-order valence-corrected chi connectivity index (χ4v) is 3.04. The molecule has 0 heterocycles. The predicted octanol–water partition coefficient (Wildman–Crippen LogP) is 3.58. The number of benzene rings is 1. The maximum atomic E-state index is 6.37. The van der Waals surface area contributed by atoms with Gasteiger partial charge in [-0.25, -0.2) is 0 Å². The Morgan fingerprint density at radius 1 is 1.41 bits per heavy atom. The molecule has 0 spiro atoms. The fourth-order valence-electron chi connectivity index (χ4n) is 2.73. The van der Waals surface area contributed by atoms with Crippen LogP contribution in [-0.4, -0.2) is 14.2 Å². The van der Waals surface area contributed by atoms with Gasteiger partial charge in [-0.2, -0.15) is 0 Å². The molecule has 2 unspecified atom stereocenters. The number of fused-ring (bicyclic) bond motifs is 1. The Morgan fingerprint density at radius 3 is 2.82 bits per heavy atom. The average molecular weight is 254 g/mol. The van der Waals surface area contributed by atoms with Gasteiger partial charge in [-0.15, -0.1) is 0 Å². The number of hydrogen-bond donors (Lipinski definition) is 1. The number of ether oxygens (including phenoxy) is 1. The van der Waals surface area contributed by atoms with E-state index in [1.54, 1.807) is 7.11 Å². The molecule has 0 radical (unpaired) electrons. The standard InChI is InChI=1S/C14H20ClNO/c1-9-4-5-10-13(17-3)7-6-11(15)14(10)12(8-9)16-2/h6-7,9,12,16H,4-5,8H2,1-3H3. The number of methoxy groups -OCH3 is 1. The maximum absolute atomic E-state index is 6.37. The summed E-state index contributed by atoms with van der Waals surface area (Å²) in [5.41, 5.74) is 2.52. The normalized spacial score (nSPS) is 24.0. The van der Waals surface area contributed by atoms with Crippen LogP contribution in [0.1, 0.15) is 36.9 Å². The summed E-state index contributed by atoms with van der Waals surface area (Å²) in [6.07, 6.45) is 3.39. The Labute approximate surface area is 108 Å². The zero-order valence-corrected chi connectivity index (χ0v) is 11.5. The first-order chi connectivity index (χ1) is 8.17. The van der Waals surface area contributed by atoms with Gasteiger partial charge in [0.2, 0.25) is 0 Å². The molecule has 0 saturated heterocycles. The smallest absolute Gasteiger partial charge is 0.122 e. The molecule has 94 valence electrons. The lowest BCUT2D eigenvalue weighted by Gasteiger charge is -2.21. The Balaban J connectivity index is 2.53. The Bertz CT molecular complexity index is 405. The number of rotatable bonds is 2. The summed E-state index contributed by atoms with van der Waals surface area (Å²) in [6.45, 7) is 2.30. The molecule has 1 aliphatic rings. The lowest BCUT2D eigenvalue weighted by Crippen LogP contribution is -2.19. The average Bonchev–Trinajstić information content (AvgIpc) is 2.50. The molecule has 1 aliphatic carbocycles. The highest BCUT2D eigenvalue weighted by molar-refractivity contribution is 6.31. The third kappa shape index (κ3) is 2.43. The van der Waals surface area contributed by atoms with Crippen LogP contribution in [0.25, 0.3) is 0 Å². The van der Waals surface area contributed by atoms with E-state index >= 15 is 0 Å². The molecule has 2 atom stereocenters. The third-order valence-electron chi connectivity index (χ3n) is 3.70. The molecule has 0 amide bonds. The van der Waals surface area contributed by atoms with Crippen molar-refractivity contribution >= 4 is 11.6 Å². The molecular weight excluding hydrogens is 234 g/mol. The van der Waals surface area contributed by atoms with E-state index in [1.807, 2.05) is 19.2 Å². The van der Waals surface area contributed by atoms with Crippen molar-refractivity contribution in [2.45, 2.75) is 32.2 Å². The highest BCUT2D eigenvalue weighted by atomic mass is 35.5. The van der Waals surface area contributed by atoms with Crippen LogP contribution in [0.15, 0.2) is 12.1 Å². The van der Waals surface area contributed by atoms with Gasteiger partial charge in [0.15, 0.2) is 0 Å². The van der Waals surface area contributed by atoms with Gasteiger partial charge < -0.3 is 10.1 Å². The van der Waals surface area contributed by atoms with Crippen molar-refractivity contribution < 1.29 is 4.74 Å². The van der Waals surface area contributed by atoms with Crippen molar-refractivity contribution in [1.82, 2.24) is 5.32 Å². The Morgan fingerprint density at radius 2 is 2.18 bits per heavy atom. The van der Waals surface area contributed by atoms with Gasteiger partial charge in [0.05, 0.1) is 7.11 Å². The van der Waals surface area contributed by atoms with Gasteiger partial charge in [0.25, 0.3) is 0 Å². The van der Waals surface area contributed by atoms with E-state index in [4.69, 9.17) is 16.3 Å². The van der Waals surface area contributed by atoms with E-state index in [0.717, 1.165) is 23.6 Å². The summed E-state index contributed by atoms with van der Waals surface area (Å²) in [6, 6.07) is 4.26. The molecule has 0 aromatic heterocycles. The van der Waals surface area contributed by atoms with Gasteiger partial charge >= 0.3 is 0 Å². The topological polar surface area (TPSA) is 21.3 Å². The number of nitrogens with one attached hydrogen (secondary N) is 1. The van der Waals surface area contributed by atoms with Crippen molar-refractivity contribution in [1.29, 1.82) is 0 Å². The van der Waals surface area contributed by atoms with Crippen molar-refractivity contribution in [2.75, 3.05) is 14.2 Å². The quantitative estimate of drug-likeness (QED) is 0.814. The van der Waals surface area contributed by atoms with E-state index in [9.17, 15) is 0 Å². The second-order valence-corrected chi connectivity index (χ2v) is 5.27. The fraction of sp³-hybridized carbons (Fsp3) is 0.571. The van der Waals surface area contributed by atoms with Gasteiger partial charge in [-0.1, -0.05) is 18.5 Å². The second kappa shape index (κ2) is 5.28. The minimum Gasteiger partial charge on any atom is -0.496 e. The van der Waals surface area contributed by atoms with Crippen LogP contribution in [0, 0.1) is 5.92 Å². The number of halogens is 1. The first kappa shape index (κ1) is 12.7. The molecule has 1 N–H and O–H groups in total. The molecule has 17 heavy (non-hydrogen) atoms. The summed E-state index contributed by atoms with van der Waals surface area (Å²) in [5.74, 6) is 1.68. The van der Waals surface area contributed by atoms with Crippen LogP contribution in [0.5, 0.6) is 5.75 Å². The molecule has 0 fully saturated rings. The van der Waals surface area contributed by atoms with Crippen LogP contribution in [-0.2, 0) is 6.42 Å². The molecule has 3 heteroatoms. The van der Waals surface area contributed by atoms with Crippen molar-refractivity contribution in [3.8, 4) is 5.75 Å². The van der Waals surface area contributed by atoms with E-state index < -0.39 is 0 Å². The molecule has 1 aromatic carbocycles. The van der Waals surface area contributed by atoms with Crippen LogP contribution in [0.2, 0.25) is 5.02 Å². The lowest BCUT2D eigenvalue weighted by molar-refractivity contribution is 0.408. The molecule has 2 rings (SSSR count). The highest BCUT2D eigenvalue weighted by Crippen LogP contribution is 2.40. The van der Waals surface area contributed by atoms with Crippen LogP contribution in [0.4, 0.5) is 0 Å². The zero-order chi connectivity index (χ0) is 12.4. The highest BCUT2D eigenvalue weighted by Gasteiger charge is 2.25. The van der Waals surface area contributed by atoms with Gasteiger partial charge in [0.1, 0.15) is 5.75 Å². The molecule has 0 saturated carbocycles. The lowest BCUT2D eigenvalue weighted by atomic mass is 9.97. The molecule has 2 nitrogen and oxygen atoms in total. The van der Waals surface area contributed by atoms with E-state index in [0.29, 0.717) is 12.0 Å². The van der Waals surface area contributed by atoms with Gasteiger partial charge in [-0.3, -0.25) is 0 Å². The molecule has 0 aliphatic heterocycles. The summed E-state index contributed by atoms with van der Waals surface area (Å²) in [7, 11) is 3.73. The molecular formula is C14H20ClNO. The van der Waals surface area contributed by atoms with Crippen LogP contribution >= 0.6 is 11.6 Å². The van der Waals surface area contributed by atoms with E-state index in [1.165, 1.54) is 17.5 Å². The van der Waals surface area contributed by atoms with Crippen molar-refractivity contribution in [3.05, 3.63) is 28.3 Å². The summed E-state index contributed by atoms with van der Waals surface area (Å²) >= 11 is 6.37. The Hall–Kier alpha value is -0.730. The minimum atomic E-state index is 0.338. The first-order valence-corrected chi connectivity index (χ1v) is 6.57. The van der Waals surface area contributed by atoms with Crippen LogP contribution < -0.4 is 10.1 Å². The number of hydrogen-bond acceptors (Lipinski definition) is 2. The predicted molar refractivity (Wildman–Crippen MR) is 71.9 cm³/mol. The molecule has 0 bridgehead atoms. The summed E-state index contributed by atoms with van der Waals surface area (Å²) < 4.78 is 5.46. The largest absolute Gasteiger partial charge is 0.496 e. The first-order valence-electron chi connectivity index (χ1n) is 6.20. The van der Waals surface area contributed by atoms with E-state index in [-0.39, 0.29) is 0 Å². The zero-order valence-electron chi connectivity index (χ0n) is 10.7. The third-order valence-corrected chi connectivity index (χ3v) is 4.03. The molecule has 1 aromatic rings. The van der Waals surface area contributed by atoms with Crippen molar-refractivity contribution in [2.24, 2.45) is 5.92 Å². The van der Waals surface area contributed by atoms with Gasteiger partial charge in [-0.05, 0) is 49.9 Å². The van der Waals surface area contributed by atoms with Crippen molar-refractivity contribution in [3.63, 3.8) is 0 Å². The maximum Gasteiger partial charge on any atom is 0.122 e. The Kier molecular flexibility index (Phi) is 3.95. The van der Waals surface area contributed by atoms with Gasteiger partial charge in [0, 0.05) is 16.6 Å². The minimum absolute atomic E-state index is 0.338. The van der Waals surface area contributed by atoms with E-state index in [2.05, 4.69) is 12.2 Å².